The lowest BCUT2D eigenvalue weighted by Gasteiger charge is -2.29. The molecule has 0 bridgehead atoms. The van der Waals surface area contributed by atoms with E-state index >= 15 is 0 Å². The van der Waals surface area contributed by atoms with E-state index in [1.807, 2.05) is 12.5 Å². The molecule has 0 unspecified atom stereocenters. The summed E-state index contributed by atoms with van der Waals surface area (Å²) in [4.78, 5) is 6.66. The van der Waals surface area contributed by atoms with Crippen molar-refractivity contribution in [1.82, 2.24) is 14.5 Å². The molecule has 0 spiro atoms. The molecule has 4 heteroatoms. The van der Waals surface area contributed by atoms with Gasteiger partial charge in [0.1, 0.15) is 0 Å². The number of imidazole rings is 1. The average molecular weight is 250 g/mol. The minimum absolute atomic E-state index is 0.130. The lowest BCUT2D eigenvalue weighted by Crippen LogP contribution is -2.30. The number of likely N-dealkylation sites (tertiary alicyclic amines) is 1. The van der Waals surface area contributed by atoms with Crippen molar-refractivity contribution in [1.29, 1.82) is 0 Å². The van der Waals surface area contributed by atoms with Gasteiger partial charge in [-0.2, -0.15) is 0 Å². The summed E-state index contributed by atoms with van der Waals surface area (Å²) >= 11 is 0. The van der Waals surface area contributed by atoms with Gasteiger partial charge in [-0.15, -0.1) is 0 Å². The summed E-state index contributed by atoms with van der Waals surface area (Å²) in [6.07, 6.45) is 8.75. The van der Waals surface area contributed by atoms with Gasteiger partial charge in [0.15, 0.2) is 0 Å². The van der Waals surface area contributed by atoms with Crippen LogP contribution in [0.3, 0.4) is 0 Å². The maximum absolute atomic E-state index is 6.10. The largest absolute Gasteiger partial charge is 0.333 e. The van der Waals surface area contributed by atoms with Crippen LogP contribution in [0.4, 0.5) is 0 Å². The molecule has 1 aliphatic heterocycles. The van der Waals surface area contributed by atoms with E-state index in [9.17, 15) is 0 Å². The third-order valence-corrected chi connectivity index (χ3v) is 4.18. The number of aromatic nitrogens is 2. The molecule has 1 aromatic rings. The Kier molecular flexibility index (Phi) is 4.78. The highest BCUT2D eigenvalue weighted by molar-refractivity contribution is 5.04. The standard InChI is InChI=1S/C14H26N4/c1-3-13(15)14-10-16-11-18(14)9-6-12-4-7-17(2)8-5-12/h10-13H,3-9,15H2,1-2H3/t13-/m1/s1. The molecule has 2 heterocycles. The van der Waals surface area contributed by atoms with Gasteiger partial charge >= 0.3 is 0 Å². The zero-order chi connectivity index (χ0) is 13.0. The van der Waals surface area contributed by atoms with Crippen molar-refractivity contribution in [3.8, 4) is 0 Å². The van der Waals surface area contributed by atoms with Gasteiger partial charge in [-0.25, -0.2) is 4.98 Å². The van der Waals surface area contributed by atoms with Crippen molar-refractivity contribution in [3.63, 3.8) is 0 Å². The number of aryl methyl sites for hydroxylation is 1. The second-order valence-electron chi connectivity index (χ2n) is 5.56. The topological polar surface area (TPSA) is 47.1 Å². The fraction of sp³-hybridized carbons (Fsp3) is 0.786. The molecule has 4 nitrogen and oxygen atoms in total. The Morgan fingerprint density at radius 1 is 1.44 bits per heavy atom. The van der Waals surface area contributed by atoms with E-state index in [0.717, 1.165) is 18.9 Å². The van der Waals surface area contributed by atoms with E-state index in [1.165, 1.54) is 38.0 Å². The fourth-order valence-electron chi connectivity index (χ4n) is 2.71. The lowest BCUT2D eigenvalue weighted by atomic mass is 9.94. The highest BCUT2D eigenvalue weighted by atomic mass is 15.1. The first-order valence-corrected chi connectivity index (χ1v) is 7.14. The van der Waals surface area contributed by atoms with Gasteiger partial charge < -0.3 is 15.2 Å². The van der Waals surface area contributed by atoms with Gasteiger partial charge in [-0.05, 0) is 51.7 Å². The third kappa shape index (κ3) is 3.33. The monoisotopic (exact) mass is 250 g/mol. The molecular weight excluding hydrogens is 224 g/mol. The number of hydrogen-bond donors (Lipinski definition) is 1. The second kappa shape index (κ2) is 6.34. The Hall–Kier alpha value is -0.870. The van der Waals surface area contributed by atoms with Crippen LogP contribution in [0.1, 0.15) is 44.3 Å². The SMILES string of the molecule is CC[C@@H](N)c1cncn1CCC1CCN(C)CC1. The van der Waals surface area contributed by atoms with Crippen LogP contribution in [0.15, 0.2) is 12.5 Å². The summed E-state index contributed by atoms with van der Waals surface area (Å²) < 4.78 is 2.24. The Morgan fingerprint density at radius 3 is 2.83 bits per heavy atom. The van der Waals surface area contributed by atoms with Crippen LogP contribution in [0.25, 0.3) is 0 Å². The lowest BCUT2D eigenvalue weighted by molar-refractivity contribution is 0.207. The molecule has 1 atom stereocenters. The normalized spacial score (nSPS) is 20.2. The van der Waals surface area contributed by atoms with Gasteiger partial charge in [-0.3, -0.25) is 0 Å². The molecule has 0 aromatic carbocycles. The summed E-state index contributed by atoms with van der Waals surface area (Å²) in [5.41, 5.74) is 7.28. The van der Waals surface area contributed by atoms with Crippen molar-refractivity contribution in [3.05, 3.63) is 18.2 Å². The molecule has 0 radical (unpaired) electrons. The summed E-state index contributed by atoms with van der Waals surface area (Å²) in [5, 5.41) is 0. The van der Waals surface area contributed by atoms with Gasteiger partial charge in [0, 0.05) is 18.8 Å². The Bertz CT molecular complexity index is 352. The molecule has 0 amide bonds. The number of hydrogen-bond acceptors (Lipinski definition) is 3. The maximum Gasteiger partial charge on any atom is 0.0948 e. The molecule has 102 valence electrons. The van der Waals surface area contributed by atoms with Crippen molar-refractivity contribution < 1.29 is 0 Å². The summed E-state index contributed by atoms with van der Waals surface area (Å²) in [6, 6.07) is 0.130. The Balaban J connectivity index is 1.85. The second-order valence-corrected chi connectivity index (χ2v) is 5.56. The Labute approximate surface area is 110 Å². The third-order valence-electron chi connectivity index (χ3n) is 4.18. The quantitative estimate of drug-likeness (QED) is 0.869. The van der Waals surface area contributed by atoms with Crippen LogP contribution in [-0.2, 0) is 6.54 Å². The van der Waals surface area contributed by atoms with E-state index in [1.54, 1.807) is 0 Å². The number of nitrogens with two attached hydrogens (primary N) is 1. The first-order valence-electron chi connectivity index (χ1n) is 7.14. The minimum Gasteiger partial charge on any atom is -0.333 e. The average Bonchev–Trinajstić information content (AvgIpc) is 2.85. The first kappa shape index (κ1) is 13.6. The molecule has 1 fully saturated rings. The number of rotatable bonds is 5. The maximum atomic E-state index is 6.10. The first-order chi connectivity index (χ1) is 8.70. The predicted molar refractivity (Wildman–Crippen MR) is 74.3 cm³/mol. The zero-order valence-electron chi connectivity index (χ0n) is 11.7. The number of piperidine rings is 1. The molecule has 18 heavy (non-hydrogen) atoms. The smallest absolute Gasteiger partial charge is 0.0948 e. The fourth-order valence-corrected chi connectivity index (χ4v) is 2.71. The van der Waals surface area contributed by atoms with E-state index < -0.39 is 0 Å². The van der Waals surface area contributed by atoms with Gasteiger partial charge in [0.2, 0.25) is 0 Å². The van der Waals surface area contributed by atoms with Crippen molar-refractivity contribution in [2.75, 3.05) is 20.1 Å². The molecule has 1 saturated heterocycles. The van der Waals surface area contributed by atoms with Crippen LogP contribution in [0, 0.1) is 5.92 Å². The summed E-state index contributed by atoms with van der Waals surface area (Å²) in [7, 11) is 2.21. The summed E-state index contributed by atoms with van der Waals surface area (Å²) in [6.45, 7) is 5.68. The highest BCUT2D eigenvalue weighted by Gasteiger charge is 2.17. The van der Waals surface area contributed by atoms with E-state index in [4.69, 9.17) is 5.73 Å². The minimum atomic E-state index is 0.130. The molecule has 0 saturated carbocycles. The van der Waals surface area contributed by atoms with Crippen LogP contribution >= 0.6 is 0 Å². The van der Waals surface area contributed by atoms with Crippen LogP contribution in [0.2, 0.25) is 0 Å². The summed E-state index contributed by atoms with van der Waals surface area (Å²) in [5.74, 6) is 0.870. The molecule has 1 aromatic heterocycles. The zero-order valence-corrected chi connectivity index (χ0v) is 11.7. The van der Waals surface area contributed by atoms with Crippen LogP contribution in [0.5, 0.6) is 0 Å². The van der Waals surface area contributed by atoms with Crippen LogP contribution < -0.4 is 5.73 Å². The molecule has 1 aliphatic rings. The molecule has 0 aliphatic carbocycles. The van der Waals surface area contributed by atoms with Crippen LogP contribution in [-0.4, -0.2) is 34.6 Å². The van der Waals surface area contributed by atoms with Gasteiger partial charge in [-0.1, -0.05) is 6.92 Å². The van der Waals surface area contributed by atoms with Crippen molar-refractivity contribution >= 4 is 0 Å². The molecular formula is C14H26N4. The van der Waals surface area contributed by atoms with E-state index in [-0.39, 0.29) is 6.04 Å². The van der Waals surface area contributed by atoms with Crippen molar-refractivity contribution in [2.24, 2.45) is 11.7 Å². The van der Waals surface area contributed by atoms with Crippen molar-refractivity contribution in [2.45, 2.75) is 45.2 Å². The highest BCUT2D eigenvalue weighted by Crippen LogP contribution is 2.21. The Morgan fingerprint density at radius 2 is 2.17 bits per heavy atom. The van der Waals surface area contributed by atoms with Gasteiger partial charge in [0.05, 0.1) is 12.0 Å². The van der Waals surface area contributed by atoms with E-state index in [2.05, 4.69) is 28.4 Å². The predicted octanol–water partition coefficient (Wildman–Crippen LogP) is 2.02. The van der Waals surface area contributed by atoms with Gasteiger partial charge in [0.25, 0.3) is 0 Å². The molecule has 2 N–H and O–H groups in total. The molecule has 2 rings (SSSR count). The van der Waals surface area contributed by atoms with E-state index in [0.29, 0.717) is 0 Å². The number of nitrogens with zero attached hydrogens (tertiary/aromatic N) is 3.